The fraction of sp³-hybridized carbons (Fsp3) is 0.556. The van der Waals surface area contributed by atoms with Gasteiger partial charge in [-0.1, -0.05) is 11.6 Å². The lowest BCUT2D eigenvalue weighted by Crippen LogP contribution is -2.20. The van der Waals surface area contributed by atoms with Crippen LogP contribution in [0.25, 0.3) is 0 Å². The molecule has 0 amide bonds. The van der Waals surface area contributed by atoms with Gasteiger partial charge in [0.05, 0.1) is 24.4 Å². The van der Waals surface area contributed by atoms with Gasteiger partial charge in [0.15, 0.2) is 15.6 Å². The Morgan fingerprint density at radius 2 is 2.24 bits per heavy atom. The zero-order valence-electron chi connectivity index (χ0n) is 9.51. The first-order chi connectivity index (χ1) is 7.85. The molecule has 1 aromatic rings. The molecule has 0 radical (unpaired) electrons. The Morgan fingerprint density at radius 1 is 1.59 bits per heavy atom. The number of rotatable bonds is 6. The molecule has 1 heterocycles. The number of carbonyl (C=O) groups is 1. The highest BCUT2D eigenvalue weighted by atomic mass is 35.5. The van der Waals surface area contributed by atoms with Crippen LogP contribution in [-0.2, 0) is 21.1 Å². The van der Waals surface area contributed by atoms with Crippen LogP contribution >= 0.6 is 11.6 Å². The molecule has 0 saturated carbocycles. The molecule has 0 aliphatic carbocycles. The van der Waals surface area contributed by atoms with Gasteiger partial charge in [-0.05, 0) is 0 Å². The summed E-state index contributed by atoms with van der Waals surface area (Å²) >= 11 is 5.81. The van der Waals surface area contributed by atoms with Gasteiger partial charge in [-0.3, -0.25) is 9.48 Å². The number of halogens is 1. The topological polar surface area (TPSA) is 78.3 Å². The van der Waals surface area contributed by atoms with E-state index in [-0.39, 0.29) is 10.7 Å². The number of sulfone groups is 1. The normalized spacial score (nSPS) is 11.7. The maximum atomic E-state index is 11.8. The zero-order chi connectivity index (χ0) is 13.1. The third-order valence-electron chi connectivity index (χ3n) is 1.96. The Kier molecular flexibility index (Phi) is 4.67. The van der Waals surface area contributed by atoms with Crippen molar-refractivity contribution in [1.82, 2.24) is 9.78 Å². The largest absolute Gasteiger partial charge is 0.383 e. The van der Waals surface area contributed by atoms with E-state index >= 15 is 0 Å². The molecule has 0 aliphatic heterocycles. The second-order valence-corrected chi connectivity index (χ2v) is 6.10. The molecule has 0 saturated heterocycles. The van der Waals surface area contributed by atoms with Crippen LogP contribution in [0.4, 0.5) is 0 Å². The summed E-state index contributed by atoms with van der Waals surface area (Å²) in [5.41, 5.74) is 0.106. The van der Waals surface area contributed by atoms with Crippen LogP contribution in [0.1, 0.15) is 10.5 Å². The molecule has 6 nitrogen and oxygen atoms in total. The van der Waals surface area contributed by atoms with E-state index < -0.39 is 21.4 Å². The van der Waals surface area contributed by atoms with Crippen molar-refractivity contribution in [3.05, 3.63) is 16.9 Å². The second-order valence-electron chi connectivity index (χ2n) is 3.55. The van der Waals surface area contributed by atoms with Crippen LogP contribution < -0.4 is 0 Å². The van der Waals surface area contributed by atoms with Crippen molar-refractivity contribution >= 4 is 27.2 Å². The summed E-state index contributed by atoms with van der Waals surface area (Å²) in [5, 5.41) is 4.04. The van der Waals surface area contributed by atoms with E-state index in [4.69, 9.17) is 16.3 Å². The van der Waals surface area contributed by atoms with Crippen LogP contribution in [0.2, 0.25) is 5.02 Å². The van der Waals surface area contributed by atoms with Gasteiger partial charge in [-0.15, -0.1) is 0 Å². The fourth-order valence-corrected chi connectivity index (χ4v) is 2.15. The minimum absolute atomic E-state index is 0.106. The number of hydrogen-bond acceptors (Lipinski definition) is 5. The SMILES string of the molecule is COCCn1ncc(Cl)c1C(=O)CS(C)(=O)=O. The van der Waals surface area contributed by atoms with Crippen LogP contribution in [-0.4, -0.2) is 49.7 Å². The highest BCUT2D eigenvalue weighted by Crippen LogP contribution is 2.16. The Balaban J connectivity index is 2.95. The molecule has 17 heavy (non-hydrogen) atoms. The van der Waals surface area contributed by atoms with Crippen LogP contribution in [0.15, 0.2) is 6.20 Å². The Labute approximate surface area is 104 Å². The molecule has 0 spiro atoms. The molecule has 0 fully saturated rings. The smallest absolute Gasteiger partial charge is 0.197 e. The van der Waals surface area contributed by atoms with Crippen molar-refractivity contribution in [2.45, 2.75) is 6.54 Å². The van der Waals surface area contributed by atoms with Gasteiger partial charge < -0.3 is 4.74 Å². The lowest BCUT2D eigenvalue weighted by atomic mass is 10.3. The molecular formula is C9H13ClN2O4S. The first kappa shape index (κ1) is 14.1. The number of carbonyl (C=O) groups excluding carboxylic acids is 1. The number of aromatic nitrogens is 2. The van der Waals surface area contributed by atoms with E-state index in [0.29, 0.717) is 13.2 Å². The minimum Gasteiger partial charge on any atom is -0.383 e. The van der Waals surface area contributed by atoms with Crippen LogP contribution in [0, 0.1) is 0 Å². The summed E-state index contributed by atoms with van der Waals surface area (Å²) in [6.07, 6.45) is 2.31. The van der Waals surface area contributed by atoms with Crippen molar-refractivity contribution in [2.75, 3.05) is 25.7 Å². The first-order valence-corrected chi connectivity index (χ1v) is 7.20. The van der Waals surface area contributed by atoms with Gasteiger partial charge in [0.1, 0.15) is 11.4 Å². The number of ether oxygens (including phenoxy) is 1. The van der Waals surface area contributed by atoms with E-state index in [1.54, 1.807) is 0 Å². The predicted octanol–water partition coefficient (Wildman–Crippen LogP) is 0.410. The molecule has 0 bridgehead atoms. The van der Waals surface area contributed by atoms with E-state index in [2.05, 4.69) is 5.10 Å². The van der Waals surface area contributed by atoms with Gasteiger partial charge in [0.2, 0.25) is 0 Å². The highest BCUT2D eigenvalue weighted by Gasteiger charge is 2.21. The predicted molar refractivity (Wildman–Crippen MR) is 63.2 cm³/mol. The van der Waals surface area contributed by atoms with E-state index in [9.17, 15) is 13.2 Å². The Morgan fingerprint density at radius 3 is 2.76 bits per heavy atom. The molecule has 1 rings (SSSR count). The molecule has 8 heteroatoms. The van der Waals surface area contributed by atoms with Gasteiger partial charge in [0.25, 0.3) is 0 Å². The fourth-order valence-electron chi connectivity index (χ4n) is 1.29. The Bertz CT molecular complexity index is 509. The standard InChI is InChI=1S/C9H13ClN2O4S/c1-16-4-3-12-9(7(10)5-11-12)8(13)6-17(2,14)15/h5H,3-4,6H2,1-2H3. The number of nitrogens with zero attached hydrogens (tertiary/aromatic N) is 2. The third-order valence-corrected chi connectivity index (χ3v) is 3.02. The lowest BCUT2D eigenvalue weighted by Gasteiger charge is -2.06. The molecule has 0 atom stereocenters. The van der Waals surface area contributed by atoms with Crippen molar-refractivity contribution in [3.8, 4) is 0 Å². The number of hydrogen-bond donors (Lipinski definition) is 0. The van der Waals surface area contributed by atoms with Gasteiger partial charge >= 0.3 is 0 Å². The van der Waals surface area contributed by atoms with Crippen LogP contribution in [0.3, 0.4) is 0 Å². The summed E-state index contributed by atoms with van der Waals surface area (Å²) < 4.78 is 28.3. The highest BCUT2D eigenvalue weighted by molar-refractivity contribution is 7.91. The summed E-state index contributed by atoms with van der Waals surface area (Å²) in [4.78, 5) is 11.8. The molecule has 96 valence electrons. The quantitative estimate of drug-likeness (QED) is 0.705. The molecule has 0 aromatic carbocycles. The molecule has 0 N–H and O–H groups in total. The second kappa shape index (κ2) is 5.61. The summed E-state index contributed by atoms with van der Waals surface area (Å²) in [7, 11) is -1.87. The monoisotopic (exact) mass is 280 g/mol. The summed E-state index contributed by atoms with van der Waals surface area (Å²) in [6, 6.07) is 0. The number of methoxy groups -OCH3 is 1. The molecule has 0 unspecified atom stereocenters. The van der Waals surface area contributed by atoms with Crippen LogP contribution in [0.5, 0.6) is 0 Å². The minimum atomic E-state index is -3.38. The van der Waals surface area contributed by atoms with Gasteiger partial charge in [-0.25, -0.2) is 8.42 Å². The molecule has 1 aromatic heterocycles. The zero-order valence-corrected chi connectivity index (χ0v) is 11.1. The van der Waals surface area contributed by atoms with E-state index in [1.807, 2.05) is 0 Å². The maximum absolute atomic E-state index is 11.8. The van der Waals surface area contributed by atoms with E-state index in [0.717, 1.165) is 6.26 Å². The molecule has 0 aliphatic rings. The average molecular weight is 281 g/mol. The summed E-state index contributed by atoms with van der Waals surface area (Å²) in [5.74, 6) is -1.14. The van der Waals surface area contributed by atoms with Gasteiger partial charge in [0, 0.05) is 13.4 Å². The number of ketones is 1. The van der Waals surface area contributed by atoms with E-state index in [1.165, 1.54) is 18.0 Å². The van der Waals surface area contributed by atoms with Crippen molar-refractivity contribution in [1.29, 1.82) is 0 Å². The lowest BCUT2D eigenvalue weighted by molar-refractivity contribution is 0.100. The average Bonchev–Trinajstić information content (AvgIpc) is 2.54. The molecular weight excluding hydrogens is 268 g/mol. The first-order valence-electron chi connectivity index (χ1n) is 4.76. The van der Waals surface area contributed by atoms with Gasteiger partial charge in [-0.2, -0.15) is 5.10 Å². The van der Waals surface area contributed by atoms with Crippen molar-refractivity contribution < 1.29 is 17.9 Å². The maximum Gasteiger partial charge on any atom is 0.197 e. The third kappa shape index (κ3) is 4.10. The summed E-state index contributed by atoms with van der Waals surface area (Å²) in [6.45, 7) is 0.700. The Hall–Kier alpha value is -0.920. The van der Waals surface area contributed by atoms with Crippen molar-refractivity contribution in [3.63, 3.8) is 0 Å². The van der Waals surface area contributed by atoms with Crippen molar-refractivity contribution in [2.24, 2.45) is 0 Å². The number of Topliss-reactive ketones (excluding diaryl/α,β-unsaturated/α-hetero) is 1.